The molecule has 0 radical (unpaired) electrons. The summed E-state index contributed by atoms with van der Waals surface area (Å²) in [6, 6.07) is 10.7. The molecule has 3 rings (SSSR count). The van der Waals surface area contributed by atoms with Crippen LogP contribution in [-0.4, -0.2) is 32.8 Å². The molecule has 1 aliphatic rings. The summed E-state index contributed by atoms with van der Waals surface area (Å²) >= 11 is 0. The zero-order valence-electron chi connectivity index (χ0n) is 13.4. The van der Waals surface area contributed by atoms with Gasteiger partial charge in [0.2, 0.25) is 5.91 Å². The number of aromatic nitrogens is 3. The van der Waals surface area contributed by atoms with Crippen LogP contribution in [0.1, 0.15) is 38.4 Å². The van der Waals surface area contributed by atoms with Gasteiger partial charge in [-0.2, -0.15) is 0 Å². The number of piperidine rings is 1. The molecule has 2 heterocycles. The van der Waals surface area contributed by atoms with Gasteiger partial charge < -0.3 is 10.6 Å². The molecule has 23 heavy (non-hydrogen) atoms. The van der Waals surface area contributed by atoms with Crippen LogP contribution in [0.2, 0.25) is 0 Å². The number of nitrogens with one attached hydrogen (secondary N) is 2. The fourth-order valence-electron chi connectivity index (χ4n) is 3.02. The Bertz CT molecular complexity index is 639. The molecule has 0 bridgehead atoms. The van der Waals surface area contributed by atoms with Crippen LogP contribution in [0.25, 0.3) is 5.69 Å². The molecular formula is C17H23N5O. The van der Waals surface area contributed by atoms with E-state index in [0.29, 0.717) is 19.0 Å². The summed E-state index contributed by atoms with van der Waals surface area (Å²) in [5.74, 6) is 1.06. The number of carbonyl (C=O) groups excluding carboxylic acids is 1. The van der Waals surface area contributed by atoms with Gasteiger partial charge in [0.15, 0.2) is 5.82 Å². The fraction of sp³-hybridized carbons (Fsp3) is 0.471. The van der Waals surface area contributed by atoms with Crippen LogP contribution in [0.15, 0.2) is 36.7 Å². The lowest BCUT2D eigenvalue weighted by Crippen LogP contribution is -2.42. The first-order chi connectivity index (χ1) is 11.2. The van der Waals surface area contributed by atoms with Crippen LogP contribution in [0.4, 0.5) is 0 Å². The van der Waals surface area contributed by atoms with Crippen molar-refractivity contribution in [3.8, 4) is 5.69 Å². The zero-order chi connectivity index (χ0) is 16.1. The minimum atomic E-state index is 0.178. The lowest BCUT2D eigenvalue weighted by molar-refractivity contribution is -0.123. The molecule has 1 aromatic heterocycles. The fourth-order valence-corrected chi connectivity index (χ4v) is 3.02. The number of carbonyl (C=O) groups is 1. The molecule has 1 amide bonds. The quantitative estimate of drug-likeness (QED) is 0.853. The van der Waals surface area contributed by atoms with E-state index in [2.05, 4.69) is 27.8 Å². The average molecular weight is 313 g/mol. The number of benzene rings is 1. The van der Waals surface area contributed by atoms with Crippen LogP contribution in [0, 0.1) is 0 Å². The standard InChI is InChI=1S/C17H23N5O/c1-13(10-14-6-5-9-17(23)20-14)18-11-16-21-19-12-22(16)15-7-3-2-4-8-15/h2-4,7-8,12-14,18H,5-6,9-11H2,1H3,(H,20,23)/t13-,14+/m0/s1. The van der Waals surface area contributed by atoms with E-state index in [-0.39, 0.29) is 11.9 Å². The van der Waals surface area contributed by atoms with Gasteiger partial charge in [-0.1, -0.05) is 18.2 Å². The monoisotopic (exact) mass is 313 g/mol. The highest BCUT2D eigenvalue weighted by atomic mass is 16.1. The summed E-state index contributed by atoms with van der Waals surface area (Å²) < 4.78 is 1.99. The SMILES string of the molecule is C[C@@H](C[C@H]1CCCC(=O)N1)NCc1nncn1-c1ccccc1. The summed E-state index contributed by atoms with van der Waals surface area (Å²) in [6.45, 7) is 2.79. The Labute approximate surface area is 136 Å². The molecule has 2 aromatic rings. The number of para-hydroxylation sites is 1. The van der Waals surface area contributed by atoms with Crippen LogP contribution in [-0.2, 0) is 11.3 Å². The molecule has 2 atom stereocenters. The van der Waals surface area contributed by atoms with Crippen LogP contribution < -0.4 is 10.6 Å². The van der Waals surface area contributed by atoms with Gasteiger partial charge in [0.1, 0.15) is 6.33 Å². The predicted octanol–water partition coefficient (Wildman–Crippen LogP) is 1.80. The van der Waals surface area contributed by atoms with E-state index in [1.165, 1.54) is 0 Å². The second-order valence-corrected chi connectivity index (χ2v) is 6.13. The molecule has 1 aromatic carbocycles. The van der Waals surface area contributed by atoms with Gasteiger partial charge in [0.25, 0.3) is 0 Å². The first-order valence-electron chi connectivity index (χ1n) is 8.19. The third-order valence-electron chi connectivity index (χ3n) is 4.22. The van der Waals surface area contributed by atoms with Gasteiger partial charge >= 0.3 is 0 Å². The largest absolute Gasteiger partial charge is 0.353 e. The smallest absolute Gasteiger partial charge is 0.220 e. The molecular weight excluding hydrogens is 290 g/mol. The number of nitrogens with zero attached hydrogens (tertiary/aromatic N) is 3. The normalized spacial score (nSPS) is 19.3. The minimum Gasteiger partial charge on any atom is -0.353 e. The van der Waals surface area contributed by atoms with Crippen molar-refractivity contribution in [3.05, 3.63) is 42.5 Å². The lowest BCUT2D eigenvalue weighted by atomic mass is 9.98. The van der Waals surface area contributed by atoms with Crippen LogP contribution >= 0.6 is 0 Å². The Kier molecular flexibility index (Phi) is 5.02. The van der Waals surface area contributed by atoms with Crippen LogP contribution in [0.5, 0.6) is 0 Å². The Morgan fingerprint density at radius 3 is 3.00 bits per heavy atom. The highest BCUT2D eigenvalue weighted by molar-refractivity contribution is 5.76. The maximum atomic E-state index is 11.4. The highest BCUT2D eigenvalue weighted by Crippen LogP contribution is 2.13. The van der Waals surface area contributed by atoms with Gasteiger partial charge in [-0.15, -0.1) is 10.2 Å². The Morgan fingerprint density at radius 2 is 2.22 bits per heavy atom. The van der Waals surface area contributed by atoms with E-state index in [1.54, 1.807) is 6.33 Å². The molecule has 0 aliphatic carbocycles. The number of hydrogen-bond acceptors (Lipinski definition) is 4. The summed E-state index contributed by atoms with van der Waals surface area (Å²) in [5, 5.41) is 14.8. The maximum absolute atomic E-state index is 11.4. The lowest BCUT2D eigenvalue weighted by Gasteiger charge is -2.26. The van der Waals surface area contributed by atoms with Gasteiger partial charge in [-0.05, 0) is 38.3 Å². The van der Waals surface area contributed by atoms with E-state index in [9.17, 15) is 4.79 Å². The van der Waals surface area contributed by atoms with E-state index in [1.807, 2.05) is 34.9 Å². The van der Waals surface area contributed by atoms with E-state index in [0.717, 1.165) is 30.8 Å². The minimum absolute atomic E-state index is 0.178. The first kappa shape index (κ1) is 15.7. The average Bonchev–Trinajstić information content (AvgIpc) is 3.02. The first-order valence-corrected chi connectivity index (χ1v) is 8.19. The second kappa shape index (κ2) is 7.37. The third-order valence-corrected chi connectivity index (χ3v) is 4.22. The van der Waals surface area contributed by atoms with Crippen molar-refractivity contribution in [2.45, 2.75) is 51.2 Å². The van der Waals surface area contributed by atoms with Crippen molar-refractivity contribution in [1.29, 1.82) is 0 Å². The molecule has 0 saturated carbocycles. The van der Waals surface area contributed by atoms with E-state index in [4.69, 9.17) is 0 Å². The molecule has 1 fully saturated rings. The van der Waals surface area contributed by atoms with Crippen molar-refractivity contribution in [1.82, 2.24) is 25.4 Å². The van der Waals surface area contributed by atoms with Crippen molar-refractivity contribution >= 4 is 5.91 Å². The van der Waals surface area contributed by atoms with Crippen molar-refractivity contribution in [2.75, 3.05) is 0 Å². The third kappa shape index (κ3) is 4.16. The molecule has 0 unspecified atom stereocenters. The van der Waals surface area contributed by atoms with Gasteiger partial charge in [-0.3, -0.25) is 9.36 Å². The summed E-state index contributed by atoms with van der Waals surface area (Å²) in [4.78, 5) is 11.4. The second-order valence-electron chi connectivity index (χ2n) is 6.13. The Hall–Kier alpha value is -2.21. The molecule has 0 spiro atoms. The predicted molar refractivity (Wildman–Crippen MR) is 88.1 cm³/mol. The molecule has 1 aliphatic heterocycles. The Balaban J connectivity index is 1.54. The highest BCUT2D eigenvalue weighted by Gasteiger charge is 2.20. The molecule has 6 nitrogen and oxygen atoms in total. The van der Waals surface area contributed by atoms with E-state index >= 15 is 0 Å². The number of amides is 1. The van der Waals surface area contributed by atoms with E-state index < -0.39 is 0 Å². The molecule has 122 valence electrons. The molecule has 1 saturated heterocycles. The van der Waals surface area contributed by atoms with Crippen molar-refractivity contribution in [2.24, 2.45) is 0 Å². The maximum Gasteiger partial charge on any atom is 0.220 e. The summed E-state index contributed by atoms with van der Waals surface area (Å²) in [7, 11) is 0. The zero-order valence-corrected chi connectivity index (χ0v) is 13.4. The summed E-state index contributed by atoms with van der Waals surface area (Å²) in [6.07, 6.45) is 5.39. The van der Waals surface area contributed by atoms with Gasteiger partial charge in [-0.25, -0.2) is 0 Å². The Morgan fingerprint density at radius 1 is 1.39 bits per heavy atom. The summed E-state index contributed by atoms with van der Waals surface area (Å²) in [5.41, 5.74) is 1.06. The number of hydrogen-bond donors (Lipinski definition) is 2. The van der Waals surface area contributed by atoms with Gasteiger partial charge in [0, 0.05) is 24.2 Å². The molecule has 6 heteroatoms. The van der Waals surface area contributed by atoms with Crippen LogP contribution in [0.3, 0.4) is 0 Å². The van der Waals surface area contributed by atoms with Crippen molar-refractivity contribution < 1.29 is 4.79 Å². The van der Waals surface area contributed by atoms with Crippen molar-refractivity contribution in [3.63, 3.8) is 0 Å². The van der Waals surface area contributed by atoms with Gasteiger partial charge in [0.05, 0.1) is 6.54 Å². The number of rotatable bonds is 6. The topological polar surface area (TPSA) is 71.8 Å². The molecule has 2 N–H and O–H groups in total.